The van der Waals surface area contributed by atoms with E-state index >= 15 is 0 Å². The maximum Gasteiger partial charge on any atom is 0.219 e. The largest absolute Gasteiger partial charge is 0.439 e. The fourth-order valence-electron chi connectivity index (χ4n) is 1.61. The van der Waals surface area contributed by atoms with Gasteiger partial charge in [-0.1, -0.05) is 13.0 Å². The minimum absolute atomic E-state index is 0.622. The van der Waals surface area contributed by atoms with Crippen molar-refractivity contribution < 1.29 is 4.74 Å². The topological polar surface area (TPSA) is 34.1 Å². The molecular weight excluding hydrogens is 256 g/mol. The summed E-state index contributed by atoms with van der Waals surface area (Å²) in [5, 5.41) is 3.26. The second kappa shape index (κ2) is 7.16. The first-order valence-electron chi connectivity index (χ1n) is 6.29. The van der Waals surface area contributed by atoms with Crippen LogP contribution in [0, 0.1) is 0 Å². The molecule has 2 aromatic rings. The molecule has 4 heteroatoms. The predicted octanol–water partition coefficient (Wildman–Crippen LogP) is 3.71. The third-order valence-corrected chi connectivity index (χ3v) is 3.40. The standard InChI is InChI=1S/C15H18N2OS/c1-3-16-10-12-4-9-15(17-11-12)18-13-5-7-14(19-2)8-6-13/h4-9,11,16H,3,10H2,1-2H3. The van der Waals surface area contributed by atoms with Gasteiger partial charge in [0.05, 0.1) is 0 Å². The van der Waals surface area contributed by atoms with Crippen LogP contribution in [0.4, 0.5) is 0 Å². The molecule has 1 aromatic carbocycles. The lowest BCUT2D eigenvalue weighted by molar-refractivity contribution is 0.462. The van der Waals surface area contributed by atoms with Crippen molar-refractivity contribution in [3.8, 4) is 11.6 Å². The van der Waals surface area contributed by atoms with Crippen molar-refractivity contribution in [2.45, 2.75) is 18.4 Å². The van der Waals surface area contributed by atoms with Crippen molar-refractivity contribution in [2.75, 3.05) is 12.8 Å². The van der Waals surface area contributed by atoms with Gasteiger partial charge in [0.2, 0.25) is 5.88 Å². The number of nitrogens with zero attached hydrogens (tertiary/aromatic N) is 1. The number of hydrogen-bond donors (Lipinski definition) is 1. The number of ether oxygens (including phenoxy) is 1. The van der Waals surface area contributed by atoms with E-state index in [-0.39, 0.29) is 0 Å². The lowest BCUT2D eigenvalue weighted by Gasteiger charge is -2.06. The molecule has 0 amide bonds. The highest BCUT2D eigenvalue weighted by Crippen LogP contribution is 2.23. The summed E-state index contributed by atoms with van der Waals surface area (Å²) in [5.74, 6) is 1.43. The summed E-state index contributed by atoms with van der Waals surface area (Å²) in [7, 11) is 0. The predicted molar refractivity (Wildman–Crippen MR) is 79.9 cm³/mol. The third kappa shape index (κ3) is 4.26. The number of pyridine rings is 1. The summed E-state index contributed by atoms with van der Waals surface area (Å²) < 4.78 is 5.70. The van der Waals surface area contributed by atoms with Gasteiger partial charge in [-0.3, -0.25) is 0 Å². The van der Waals surface area contributed by atoms with Gasteiger partial charge in [0.1, 0.15) is 5.75 Å². The number of thioether (sulfide) groups is 1. The summed E-state index contributed by atoms with van der Waals surface area (Å²) in [6.07, 6.45) is 3.90. The average Bonchev–Trinajstić information content (AvgIpc) is 2.47. The van der Waals surface area contributed by atoms with E-state index < -0.39 is 0 Å². The molecule has 1 N–H and O–H groups in total. The quantitative estimate of drug-likeness (QED) is 0.814. The molecule has 0 fully saturated rings. The van der Waals surface area contributed by atoms with Crippen LogP contribution >= 0.6 is 11.8 Å². The maximum atomic E-state index is 5.70. The molecule has 0 saturated heterocycles. The van der Waals surface area contributed by atoms with Gasteiger partial charge in [-0.2, -0.15) is 0 Å². The Balaban J connectivity index is 1.98. The monoisotopic (exact) mass is 274 g/mol. The van der Waals surface area contributed by atoms with Gasteiger partial charge < -0.3 is 10.1 Å². The highest BCUT2D eigenvalue weighted by molar-refractivity contribution is 7.98. The number of nitrogens with one attached hydrogen (secondary N) is 1. The number of aromatic nitrogens is 1. The molecule has 19 heavy (non-hydrogen) atoms. The zero-order valence-corrected chi connectivity index (χ0v) is 12.0. The molecule has 3 nitrogen and oxygen atoms in total. The van der Waals surface area contributed by atoms with Gasteiger partial charge in [-0.15, -0.1) is 11.8 Å². The molecule has 0 radical (unpaired) electrons. The van der Waals surface area contributed by atoms with Gasteiger partial charge in [0.15, 0.2) is 0 Å². The van der Waals surface area contributed by atoms with Crippen LogP contribution in [0.5, 0.6) is 11.6 Å². The van der Waals surface area contributed by atoms with Crippen LogP contribution in [0.3, 0.4) is 0 Å². The van der Waals surface area contributed by atoms with Crippen molar-refractivity contribution in [1.29, 1.82) is 0 Å². The van der Waals surface area contributed by atoms with Crippen LogP contribution < -0.4 is 10.1 Å². The first kappa shape index (κ1) is 13.9. The Morgan fingerprint density at radius 3 is 2.53 bits per heavy atom. The Bertz CT molecular complexity index is 497. The van der Waals surface area contributed by atoms with Crippen LogP contribution in [0.1, 0.15) is 12.5 Å². The van der Waals surface area contributed by atoms with Crippen molar-refractivity contribution >= 4 is 11.8 Å². The second-order valence-corrected chi connectivity index (χ2v) is 4.94. The number of benzene rings is 1. The first-order valence-corrected chi connectivity index (χ1v) is 7.52. The van der Waals surface area contributed by atoms with Crippen LogP contribution in [0.25, 0.3) is 0 Å². The molecule has 0 aliphatic rings. The Morgan fingerprint density at radius 2 is 1.95 bits per heavy atom. The maximum absolute atomic E-state index is 5.70. The molecule has 0 atom stereocenters. The van der Waals surface area contributed by atoms with Crippen molar-refractivity contribution in [3.05, 3.63) is 48.2 Å². The second-order valence-electron chi connectivity index (χ2n) is 4.06. The Labute approximate surface area is 118 Å². The first-order chi connectivity index (χ1) is 9.31. The van der Waals surface area contributed by atoms with Crippen LogP contribution in [-0.4, -0.2) is 17.8 Å². The van der Waals surface area contributed by atoms with Gasteiger partial charge in [0.25, 0.3) is 0 Å². The van der Waals surface area contributed by atoms with E-state index in [1.54, 1.807) is 11.8 Å². The highest BCUT2D eigenvalue weighted by Gasteiger charge is 1.99. The normalized spacial score (nSPS) is 10.4. The van der Waals surface area contributed by atoms with E-state index in [9.17, 15) is 0 Å². The van der Waals surface area contributed by atoms with Gasteiger partial charge in [0, 0.05) is 23.7 Å². The minimum atomic E-state index is 0.622. The molecule has 0 saturated carbocycles. The summed E-state index contributed by atoms with van der Waals surface area (Å²) in [6.45, 7) is 3.88. The fourth-order valence-corrected chi connectivity index (χ4v) is 2.02. The van der Waals surface area contributed by atoms with E-state index in [4.69, 9.17) is 4.74 Å². The summed E-state index contributed by atoms with van der Waals surface area (Å²) in [5.41, 5.74) is 1.16. The molecule has 0 bridgehead atoms. The number of hydrogen-bond acceptors (Lipinski definition) is 4. The van der Waals surface area contributed by atoms with Crippen LogP contribution in [-0.2, 0) is 6.54 Å². The van der Waals surface area contributed by atoms with Gasteiger partial charge in [-0.05, 0) is 42.6 Å². The van der Waals surface area contributed by atoms with Crippen molar-refractivity contribution in [3.63, 3.8) is 0 Å². The summed E-state index contributed by atoms with van der Waals surface area (Å²) >= 11 is 1.72. The fraction of sp³-hybridized carbons (Fsp3) is 0.267. The molecule has 0 aliphatic carbocycles. The molecular formula is C15H18N2OS. The number of rotatable bonds is 6. The van der Waals surface area contributed by atoms with Gasteiger partial charge >= 0.3 is 0 Å². The summed E-state index contributed by atoms with van der Waals surface area (Å²) in [4.78, 5) is 5.53. The van der Waals surface area contributed by atoms with E-state index in [0.717, 1.165) is 24.4 Å². The zero-order valence-electron chi connectivity index (χ0n) is 11.2. The minimum Gasteiger partial charge on any atom is -0.439 e. The van der Waals surface area contributed by atoms with Crippen molar-refractivity contribution in [1.82, 2.24) is 10.3 Å². The van der Waals surface area contributed by atoms with Crippen LogP contribution in [0.2, 0.25) is 0 Å². The molecule has 1 aromatic heterocycles. The Morgan fingerprint density at radius 1 is 1.16 bits per heavy atom. The van der Waals surface area contributed by atoms with Crippen LogP contribution in [0.15, 0.2) is 47.5 Å². The van der Waals surface area contributed by atoms with E-state index in [1.807, 2.05) is 42.6 Å². The Hall–Kier alpha value is -1.52. The molecule has 0 aliphatic heterocycles. The van der Waals surface area contributed by atoms with E-state index in [2.05, 4.69) is 23.5 Å². The SMILES string of the molecule is CCNCc1ccc(Oc2ccc(SC)cc2)nc1. The lowest BCUT2D eigenvalue weighted by Crippen LogP contribution is -2.11. The Kier molecular flexibility index (Phi) is 5.24. The summed E-state index contributed by atoms with van der Waals surface area (Å²) in [6, 6.07) is 11.9. The van der Waals surface area contributed by atoms with Gasteiger partial charge in [-0.25, -0.2) is 4.98 Å². The van der Waals surface area contributed by atoms with Crippen molar-refractivity contribution in [2.24, 2.45) is 0 Å². The molecule has 2 rings (SSSR count). The zero-order chi connectivity index (χ0) is 13.5. The molecule has 0 unspecified atom stereocenters. The molecule has 100 valence electrons. The van der Waals surface area contributed by atoms with E-state index in [0.29, 0.717) is 5.88 Å². The lowest BCUT2D eigenvalue weighted by atomic mass is 10.3. The third-order valence-electron chi connectivity index (χ3n) is 2.66. The smallest absolute Gasteiger partial charge is 0.219 e. The van der Waals surface area contributed by atoms with E-state index in [1.165, 1.54) is 4.90 Å². The molecule has 1 heterocycles. The molecule has 0 spiro atoms. The highest BCUT2D eigenvalue weighted by atomic mass is 32.2. The average molecular weight is 274 g/mol.